The topological polar surface area (TPSA) is 49.4 Å². The normalized spacial score (nSPS) is 17.6. The number of thioether (sulfide) groups is 1. The number of nitrogens with zero attached hydrogens (tertiary/aromatic N) is 1. The number of carbonyl (C=O) groups excluding carboxylic acids is 2. The maximum absolute atomic E-state index is 12.0. The van der Waals surface area contributed by atoms with Gasteiger partial charge in [0.05, 0.1) is 5.92 Å². The number of rotatable bonds is 8. The molecule has 2 amide bonds. The molecule has 0 spiro atoms. The minimum Gasteiger partial charge on any atom is -0.356 e. The van der Waals surface area contributed by atoms with Gasteiger partial charge in [0, 0.05) is 31.8 Å². The number of aryl methyl sites for hydroxylation is 1. The van der Waals surface area contributed by atoms with E-state index in [-0.39, 0.29) is 17.7 Å². The summed E-state index contributed by atoms with van der Waals surface area (Å²) in [6.45, 7) is 6.01. The van der Waals surface area contributed by atoms with E-state index in [2.05, 4.69) is 36.5 Å². The lowest BCUT2D eigenvalue weighted by Gasteiger charge is -2.13. The van der Waals surface area contributed by atoms with Crippen LogP contribution in [0, 0.1) is 12.8 Å². The fourth-order valence-corrected chi connectivity index (χ4v) is 3.68. The second-order valence-corrected chi connectivity index (χ2v) is 7.12. The average Bonchev–Trinajstić information content (AvgIpc) is 2.91. The van der Waals surface area contributed by atoms with Gasteiger partial charge in [0.1, 0.15) is 0 Å². The minimum absolute atomic E-state index is 0.0259. The van der Waals surface area contributed by atoms with E-state index in [0.29, 0.717) is 26.1 Å². The number of amides is 2. The van der Waals surface area contributed by atoms with E-state index in [1.807, 2.05) is 18.7 Å². The Hall–Kier alpha value is -1.49. The average molecular weight is 334 g/mol. The lowest BCUT2D eigenvalue weighted by atomic mass is 10.1. The van der Waals surface area contributed by atoms with Crippen LogP contribution in [-0.4, -0.2) is 42.1 Å². The Labute approximate surface area is 143 Å². The molecule has 2 rings (SSSR count). The van der Waals surface area contributed by atoms with Gasteiger partial charge in [-0.2, -0.15) is 11.8 Å². The molecule has 0 unspecified atom stereocenters. The Bertz CT molecular complexity index is 548. The van der Waals surface area contributed by atoms with Crippen LogP contribution in [0.15, 0.2) is 24.3 Å². The first-order chi connectivity index (χ1) is 11.1. The summed E-state index contributed by atoms with van der Waals surface area (Å²) in [5.74, 6) is 2.00. The van der Waals surface area contributed by atoms with Gasteiger partial charge in [0.15, 0.2) is 0 Å². The van der Waals surface area contributed by atoms with Gasteiger partial charge in [-0.3, -0.25) is 9.59 Å². The lowest BCUT2D eigenvalue weighted by Crippen LogP contribution is -2.33. The van der Waals surface area contributed by atoms with Crippen molar-refractivity contribution in [2.24, 2.45) is 5.92 Å². The summed E-state index contributed by atoms with van der Waals surface area (Å²) in [4.78, 5) is 25.4. The number of carbonyl (C=O) groups is 2. The molecule has 0 bridgehead atoms. The summed E-state index contributed by atoms with van der Waals surface area (Å²) >= 11 is 1.89. The molecule has 1 atom stereocenters. The number of benzene rings is 1. The van der Waals surface area contributed by atoms with Gasteiger partial charge in [0.2, 0.25) is 11.8 Å². The SMILES string of the molecule is CCN1C[C@H](C(=O)NCCCSCc2cccc(C)c2)CC1=O. The molecule has 0 radical (unpaired) electrons. The van der Waals surface area contributed by atoms with E-state index in [1.165, 1.54) is 11.1 Å². The van der Waals surface area contributed by atoms with Crippen molar-refractivity contribution in [2.75, 3.05) is 25.4 Å². The summed E-state index contributed by atoms with van der Waals surface area (Å²) < 4.78 is 0. The zero-order valence-corrected chi connectivity index (χ0v) is 14.8. The number of hydrogen-bond donors (Lipinski definition) is 1. The zero-order valence-electron chi connectivity index (χ0n) is 14.0. The second-order valence-electron chi connectivity index (χ2n) is 6.02. The maximum atomic E-state index is 12.0. The highest BCUT2D eigenvalue weighted by Crippen LogP contribution is 2.17. The summed E-state index contributed by atoms with van der Waals surface area (Å²) in [5.41, 5.74) is 2.64. The standard InChI is InChI=1S/C18H26N2O2S/c1-3-20-12-16(11-17(20)21)18(22)19-8-5-9-23-13-15-7-4-6-14(2)10-15/h4,6-7,10,16H,3,5,8-9,11-13H2,1-2H3,(H,19,22)/t16-/m1/s1. The minimum atomic E-state index is -0.164. The van der Waals surface area contributed by atoms with E-state index < -0.39 is 0 Å². The van der Waals surface area contributed by atoms with Crippen LogP contribution in [0.2, 0.25) is 0 Å². The molecule has 0 aliphatic carbocycles. The van der Waals surface area contributed by atoms with Crippen molar-refractivity contribution < 1.29 is 9.59 Å². The van der Waals surface area contributed by atoms with Gasteiger partial charge in [0.25, 0.3) is 0 Å². The van der Waals surface area contributed by atoms with Crippen LogP contribution in [0.1, 0.15) is 30.9 Å². The highest BCUT2D eigenvalue weighted by atomic mass is 32.2. The molecular weight excluding hydrogens is 308 g/mol. The molecule has 1 aromatic carbocycles. The molecule has 5 heteroatoms. The van der Waals surface area contributed by atoms with Crippen molar-refractivity contribution in [3.05, 3.63) is 35.4 Å². The fourth-order valence-electron chi connectivity index (χ4n) is 2.78. The predicted octanol–water partition coefficient (Wildman–Crippen LogP) is 2.60. The lowest BCUT2D eigenvalue weighted by molar-refractivity contribution is -0.128. The van der Waals surface area contributed by atoms with Crippen molar-refractivity contribution in [2.45, 2.75) is 32.4 Å². The Morgan fingerprint density at radius 1 is 1.43 bits per heavy atom. The maximum Gasteiger partial charge on any atom is 0.225 e. The van der Waals surface area contributed by atoms with Gasteiger partial charge >= 0.3 is 0 Å². The van der Waals surface area contributed by atoms with Gasteiger partial charge in [-0.25, -0.2) is 0 Å². The van der Waals surface area contributed by atoms with Crippen molar-refractivity contribution >= 4 is 23.6 Å². The Morgan fingerprint density at radius 3 is 2.96 bits per heavy atom. The largest absolute Gasteiger partial charge is 0.356 e. The molecule has 1 aliphatic heterocycles. The third-order valence-corrected chi connectivity index (χ3v) is 5.20. The quantitative estimate of drug-likeness (QED) is 0.744. The van der Waals surface area contributed by atoms with E-state index in [9.17, 15) is 9.59 Å². The second kappa shape index (κ2) is 8.96. The summed E-state index contributed by atoms with van der Waals surface area (Å²) in [7, 11) is 0. The molecule has 1 aliphatic rings. The third kappa shape index (κ3) is 5.57. The monoisotopic (exact) mass is 334 g/mol. The molecule has 0 aromatic heterocycles. The van der Waals surface area contributed by atoms with E-state index in [0.717, 1.165) is 17.9 Å². The fraction of sp³-hybridized carbons (Fsp3) is 0.556. The molecule has 0 saturated carbocycles. The molecule has 23 heavy (non-hydrogen) atoms. The van der Waals surface area contributed by atoms with Gasteiger partial charge < -0.3 is 10.2 Å². The van der Waals surface area contributed by atoms with Crippen LogP contribution in [-0.2, 0) is 15.3 Å². The smallest absolute Gasteiger partial charge is 0.225 e. The number of hydrogen-bond acceptors (Lipinski definition) is 3. The van der Waals surface area contributed by atoms with Crippen LogP contribution in [0.5, 0.6) is 0 Å². The molecule has 126 valence electrons. The number of nitrogens with one attached hydrogen (secondary N) is 1. The van der Waals surface area contributed by atoms with Crippen molar-refractivity contribution in [3.63, 3.8) is 0 Å². The predicted molar refractivity (Wildman–Crippen MR) is 95.3 cm³/mol. The summed E-state index contributed by atoms with van der Waals surface area (Å²) in [6, 6.07) is 8.56. The van der Waals surface area contributed by atoms with Crippen molar-refractivity contribution in [1.29, 1.82) is 0 Å². The molecule has 4 nitrogen and oxygen atoms in total. The molecule has 1 fully saturated rings. The van der Waals surface area contributed by atoms with Crippen molar-refractivity contribution in [1.82, 2.24) is 10.2 Å². The molecule has 1 saturated heterocycles. The third-order valence-electron chi connectivity index (χ3n) is 4.08. The van der Waals surface area contributed by atoms with Crippen molar-refractivity contribution in [3.8, 4) is 0 Å². The first-order valence-corrected chi connectivity index (χ1v) is 9.44. The van der Waals surface area contributed by atoms with Crippen LogP contribution >= 0.6 is 11.8 Å². The summed E-state index contributed by atoms with van der Waals surface area (Å²) in [5, 5.41) is 2.97. The highest BCUT2D eigenvalue weighted by Gasteiger charge is 2.32. The van der Waals surface area contributed by atoms with Crippen LogP contribution in [0.4, 0.5) is 0 Å². The Morgan fingerprint density at radius 2 is 2.26 bits per heavy atom. The Kier molecular flexibility index (Phi) is 6.96. The van der Waals surface area contributed by atoms with Crippen LogP contribution in [0.25, 0.3) is 0 Å². The van der Waals surface area contributed by atoms with Gasteiger partial charge in [-0.1, -0.05) is 29.8 Å². The molecule has 1 heterocycles. The molecular formula is C18H26N2O2S. The first kappa shape index (κ1) is 17.9. The summed E-state index contributed by atoms with van der Waals surface area (Å²) in [6.07, 6.45) is 1.32. The van der Waals surface area contributed by atoms with Crippen LogP contribution < -0.4 is 5.32 Å². The number of likely N-dealkylation sites (tertiary alicyclic amines) is 1. The van der Waals surface area contributed by atoms with Gasteiger partial charge in [-0.05, 0) is 31.6 Å². The molecule has 1 N–H and O–H groups in total. The van der Waals surface area contributed by atoms with E-state index in [1.54, 1.807) is 4.90 Å². The van der Waals surface area contributed by atoms with E-state index in [4.69, 9.17) is 0 Å². The molecule has 1 aromatic rings. The van der Waals surface area contributed by atoms with Crippen LogP contribution in [0.3, 0.4) is 0 Å². The Balaban J connectivity index is 1.57. The zero-order chi connectivity index (χ0) is 16.7. The van der Waals surface area contributed by atoms with Gasteiger partial charge in [-0.15, -0.1) is 0 Å². The highest BCUT2D eigenvalue weighted by molar-refractivity contribution is 7.98. The van der Waals surface area contributed by atoms with E-state index >= 15 is 0 Å². The first-order valence-electron chi connectivity index (χ1n) is 8.29.